The number of benzene rings is 2. The van der Waals surface area contributed by atoms with Gasteiger partial charge in [0.2, 0.25) is 5.28 Å². The third-order valence-corrected chi connectivity index (χ3v) is 6.21. The van der Waals surface area contributed by atoms with Gasteiger partial charge in [-0.1, -0.05) is 11.6 Å². The van der Waals surface area contributed by atoms with E-state index in [-0.39, 0.29) is 21.2 Å². The van der Waals surface area contributed by atoms with Crippen molar-refractivity contribution in [2.75, 3.05) is 24.3 Å². The Balaban J connectivity index is 1.62. The molecule has 33 heavy (non-hydrogen) atoms. The second-order valence-corrected chi connectivity index (χ2v) is 8.97. The summed E-state index contributed by atoms with van der Waals surface area (Å²) in [4.78, 5) is 8.51. The Morgan fingerprint density at radius 3 is 2.21 bits per heavy atom. The van der Waals surface area contributed by atoms with Gasteiger partial charge in [0.05, 0.1) is 24.6 Å². The maximum Gasteiger partial charge on any atom is 0.263 e. The van der Waals surface area contributed by atoms with Crippen molar-refractivity contribution in [3.8, 4) is 11.5 Å². The minimum atomic E-state index is -3.87. The quantitative estimate of drug-likeness (QED) is 0.352. The molecule has 2 N–H and O–H groups in total. The van der Waals surface area contributed by atoms with E-state index in [1.54, 1.807) is 24.3 Å². The highest BCUT2D eigenvalue weighted by Crippen LogP contribution is 2.35. The van der Waals surface area contributed by atoms with Gasteiger partial charge in [-0.05, 0) is 54.1 Å². The number of hydrogen-bond donors (Lipinski definition) is 2. The third-order valence-electron chi connectivity index (χ3n) is 4.47. The molecule has 0 saturated heterocycles. The molecule has 0 aliphatic carbocycles. The Morgan fingerprint density at radius 2 is 1.58 bits per heavy atom. The minimum Gasteiger partial charge on any atom is -0.493 e. The first kappa shape index (κ1) is 22.8. The van der Waals surface area contributed by atoms with Crippen LogP contribution in [0.5, 0.6) is 11.5 Å². The molecule has 0 bridgehead atoms. The Hall–Kier alpha value is -3.41. The predicted octanol–water partition coefficient (Wildman–Crippen LogP) is 4.29. The standard InChI is InChI=1S/C20H16Cl2N6O4S/c1-31-15-9-13-14(10-16(15)32-2)24-20(22)25-19(13)23-11-3-5-12(6-4-11)33(29,30)28-18-8-7-17(21)26-27-18/h3-10H,1-2H3,(H,27,28)(H,23,24,25). The summed E-state index contributed by atoms with van der Waals surface area (Å²) in [5.74, 6) is 1.46. The molecule has 4 aromatic rings. The Morgan fingerprint density at radius 1 is 0.879 bits per heavy atom. The lowest BCUT2D eigenvalue weighted by Crippen LogP contribution is -2.14. The van der Waals surface area contributed by atoms with Gasteiger partial charge in [0.25, 0.3) is 10.0 Å². The lowest BCUT2D eigenvalue weighted by Gasteiger charge is -2.13. The average Bonchev–Trinajstić information content (AvgIpc) is 2.80. The van der Waals surface area contributed by atoms with Crippen molar-refractivity contribution in [1.29, 1.82) is 0 Å². The van der Waals surface area contributed by atoms with Gasteiger partial charge in [-0.15, -0.1) is 10.2 Å². The fraction of sp³-hybridized carbons (Fsp3) is 0.100. The molecular formula is C20H16Cl2N6O4S. The summed E-state index contributed by atoms with van der Waals surface area (Å²) < 4.78 is 38.2. The highest BCUT2D eigenvalue weighted by atomic mass is 35.5. The highest BCUT2D eigenvalue weighted by molar-refractivity contribution is 7.92. The smallest absolute Gasteiger partial charge is 0.263 e. The monoisotopic (exact) mass is 506 g/mol. The molecule has 0 saturated carbocycles. The van der Waals surface area contributed by atoms with E-state index >= 15 is 0 Å². The lowest BCUT2D eigenvalue weighted by molar-refractivity contribution is 0.356. The SMILES string of the molecule is COc1cc2nc(Cl)nc(Nc3ccc(S(=O)(=O)Nc4ccc(Cl)nn4)cc3)c2cc1OC. The first-order valence-electron chi connectivity index (χ1n) is 9.27. The zero-order valence-corrected chi connectivity index (χ0v) is 19.5. The molecule has 13 heteroatoms. The van der Waals surface area contributed by atoms with E-state index < -0.39 is 10.0 Å². The summed E-state index contributed by atoms with van der Waals surface area (Å²) >= 11 is 11.8. The van der Waals surface area contributed by atoms with Crippen molar-refractivity contribution in [1.82, 2.24) is 20.2 Å². The van der Waals surface area contributed by atoms with E-state index in [2.05, 4.69) is 30.2 Å². The molecule has 2 aromatic heterocycles. The number of hydrogen-bond acceptors (Lipinski definition) is 9. The van der Waals surface area contributed by atoms with Crippen LogP contribution < -0.4 is 19.5 Å². The van der Waals surface area contributed by atoms with Crippen LogP contribution in [0.3, 0.4) is 0 Å². The van der Waals surface area contributed by atoms with Crippen LogP contribution in [0, 0.1) is 0 Å². The minimum absolute atomic E-state index is 0.0294. The summed E-state index contributed by atoms with van der Waals surface area (Å²) in [5.41, 5.74) is 1.12. The number of halogens is 2. The van der Waals surface area contributed by atoms with Crippen LogP contribution in [0.2, 0.25) is 10.4 Å². The van der Waals surface area contributed by atoms with E-state index in [0.717, 1.165) is 0 Å². The number of rotatable bonds is 7. The summed E-state index contributed by atoms with van der Waals surface area (Å²) in [6.45, 7) is 0. The Kier molecular flexibility index (Phi) is 6.36. The highest BCUT2D eigenvalue weighted by Gasteiger charge is 2.16. The van der Waals surface area contributed by atoms with Crippen LogP contribution in [-0.4, -0.2) is 42.8 Å². The molecule has 10 nitrogen and oxygen atoms in total. The van der Waals surface area contributed by atoms with Gasteiger partial charge in [0, 0.05) is 17.1 Å². The zero-order valence-electron chi connectivity index (χ0n) is 17.2. The molecule has 0 aliphatic heterocycles. The van der Waals surface area contributed by atoms with E-state index in [1.807, 2.05) is 0 Å². The number of nitrogens with one attached hydrogen (secondary N) is 2. The number of methoxy groups -OCH3 is 2. The molecule has 4 rings (SSSR count). The number of sulfonamides is 1. The van der Waals surface area contributed by atoms with Gasteiger partial charge in [0.15, 0.2) is 22.5 Å². The van der Waals surface area contributed by atoms with Crippen molar-refractivity contribution in [2.45, 2.75) is 4.90 Å². The largest absolute Gasteiger partial charge is 0.493 e. The van der Waals surface area contributed by atoms with E-state index in [1.165, 1.54) is 38.5 Å². The summed E-state index contributed by atoms with van der Waals surface area (Å²) in [7, 11) is -0.827. The number of anilines is 3. The van der Waals surface area contributed by atoms with E-state index in [4.69, 9.17) is 32.7 Å². The summed E-state index contributed by atoms with van der Waals surface area (Å²) in [6, 6.07) is 12.3. The van der Waals surface area contributed by atoms with E-state index in [9.17, 15) is 8.42 Å². The van der Waals surface area contributed by atoms with Crippen LogP contribution in [-0.2, 0) is 10.0 Å². The van der Waals surface area contributed by atoms with Gasteiger partial charge in [0.1, 0.15) is 5.82 Å². The van der Waals surface area contributed by atoms with Crippen molar-refractivity contribution in [2.24, 2.45) is 0 Å². The number of aromatic nitrogens is 4. The van der Waals surface area contributed by atoms with Gasteiger partial charge in [-0.3, -0.25) is 4.72 Å². The van der Waals surface area contributed by atoms with Crippen molar-refractivity contribution in [3.05, 3.63) is 59.0 Å². The first-order chi connectivity index (χ1) is 15.8. The number of ether oxygens (including phenoxy) is 2. The van der Waals surface area contributed by atoms with E-state index in [0.29, 0.717) is 33.9 Å². The Labute approximate surface area is 198 Å². The van der Waals surface area contributed by atoms with Crippen LogP contribution in [0.25, 0.3) is 10.9 Å². The molecule has 0 radical (unpaired) electrons. The van der Waals surface area contributed by atoms with Crippen molar-refractivity contribution >= 4 is 61.5 Å². The maximum atomic E-state index is 12.6. The third kappa shape index (κ3) is 5.00. The molecule has 0 amide bonds. The molecule has 2 heterocycles. The number of fused-ring (bicyclic) bond motifs is 1. The predicted molar refractivity (Wildman–Crippen MR) is 125 cm³/mol. The summed E-state index contributed by atoms with van der Waals surface area (Å²) in [6.07, 6.45) is 0. The Bertz CT molecular complexity index is 1420. The molecular weight excluding hydrogens is 491 g/mol. The second-order valence-electron chi connectivity index (χ2n) is 6.56. The molecule has 0 spiro atoms. The topological polar surface area (TPSA) is 128 Å². The lowest BCUT2D eigenvalue weighted by atomic mass is 10.2. The fourth-order valence-corrected chi connectivity index (χ4v) is 4.22. The molecule has 0 atom stereocenters. The normalized spacial score (nSPS) is 11.3. The van der Waals surface area contributed by atoms with Crippen LogP contribution in [0.1, 0.15) is 0 Å². The van der Waals surface area contributed by atoms with Gasteiger partial charge in [-0.25, -0.2) is 13.4 Å². The summed E-state index contributed by atoms with van der Waals surface area (Å²) in [5, 5.41) is 11.3. The van der Waals surface area contributed by atoms with Crippen molar-refractivity contribution in [3.63, 3.8) is 0 Å². The molecule has 0 fully saturated rings. The fourth-order valence-electron chi connectivity index (χ4n) is 2.94. The molecule has 0 unspecified atom stereocenters. The zero-order chi connectivity index (χ0) is 23.6. The van der Waals surface area contributed by atoms with Gasteiger partial charge >= 0.3 is 0 Å². The van der Waals surface area contributed by atoms with Gasteiger partial charge in [-0.2, -0.15) is 4.98 Å². The second kappa shape index (κ2) is 9.22. The first-order valence-corrected chi connectivity index (χ1v) is 11.5. The molecule has 0 aliphatic rings. The van der Waals surface area contributed by atoms with Crippen LogP contribution >= 0.6 is 23.2 Å². The number of nitrogens with zero attached hydrogens (tertiary/aromatic N) is 4. The van der Waals surface area contributed by atoms with Crippen LogP contribution in [0.4, 0.5) is 17.3 Å². The molecule has 2 aromatic carbocycles. The van der Waals surface area contributed by atoms with Crippen LogP contribution in [0.15, 0.2) is 53.4 Å². The maximum absolute atomic E-state index is 12.6. The average molecular weight is 507 g/mol. The molecule has 170 valence electrons. The van der Waals surface area contributed by atoms with Gasteiger partial charge < -0.3 is 14.8 Å². The van der Waals surface area contributed by atoms with Crippen molar-refractivity contribution < 1.29 is 17.9 Å².